The van der Waals surface area contributed by atoms with E-state index in [1.54, 1.807) is 27.2 Å². The highest BCUT2D eigenvalue weighted by Gasteiger charge is 2.52. The van der Waals surface area contributed by atoms with Gasteiger partial charge in [0, 0.05) is 24.3 Å². The minimum absolute atomic E-state index is 0.0345. The molecule has 0 aromatic carbocycles. The quantitative estimate of drug-likeness (QED) is 0.702. The lowest BCUT2D eigenvalue weighted by atomic mass is 9.78. The molecule has 0 aliphatic carbocycles. The van der Waals surface area contributed by atoms with Gasteiger partial charge in [0.05, 0.1) is 25.4 Å². The standard InChI is InChI=1S/C18H26BNO5S/c1-12(21)26-11-14(19-24-17(2,3)18(4,5)25-19)10-13-8-9-15(22-6)20-16(13)23-7/h8-10H,11H2,1-7H3. The van der Waals surface area contributed by atoms with Gasteiger partial charge in [0.1, 0.15) is 0 Å². The zero-order chi connectivity index (χ0) is 19.5. The highest BCUT2D eigenvalue weighted by atomic mass is 32.2. The van der Waals surface area contributed by atoms with E-state index in [0.717, 1.165) is 11.0 Å². The summed E-state index contributed by atoms with van der Waals surface area (Å²) in [5.41, 5.74) is 0.691. The maximum absolute atomic E-state index is 11.5. The summed E-state index contributed by atoms with van der Waals surface area (Å²) >= 11 is 1.21. The second kappa shape index (κ2) is 8.02. The Morgan fingerprint density at radius 1 is 1.19 bits per heavy atom. The predicted octanol–water partition coefficient (Wildman–Crippen LogP) is 3.39. The summed E-state index contributed by atoms with van der Waals surface area (Å²) in [4.78, 5) is 15.8. The van der Waals surface area contributed by atoms with E-state index >= 15 is 0 Å². The van der Waals surface area contributed by atoms with Crippen LogP contribution in [0.15, 0.2) is 17.6 Å². The number of thioether (sulfide) groups is 1. The molecule has 1 aromatic heterocycles. The van der Waals surface area contributed by atoms with E-state index in [0.29, 0.717) is 17.5 Å². The Labute approximate surface area is 159 Å². The fourth-order valence-corrected chi connectivity index (χ4v) is 2.97. The van der Waals surface area contributed by atoms with Gasteiger partial charge in [0.2, 0.25) is 11.8 Å². The van der Waals surface area contributed by atoms with E-state index in [2.05, 4.69) is 4.98 Å². The number of nitrogens with zero attached hydrogens (tertiary/aromatic N) is 1. The first kappa shape index (κ1) is 20.8. The van der Waals surface area contributed by atoms with Crippen molar-refractivity contribution in [2.45, 2.75) is 45.8 Å². The Hall–Kier alpha value is -1.51. The monoisotopic (exact) mass is 379 g/mol. The number of hydrogen-bond acceptors (Lipinski definition) is 7. The molecule has 2 heterocycles. The molecule has 1 aromatic rings. The minimum Gasteiger partial charge on any atom is -0.481 e. The zero-order valence-electron chi connectivity index (χ0n) is 16.4. The molecule has 6 nitrogen and oxygen atoms in total. The van der Waals surface area contributed by atoms with Gasteiger partial charge in [-0.1, -0.05) is 17.8 Å². The van der Waals surface area contributed by atoms with Gasteiger partial charge in [-0.15, -0.1) is 0 Å². The second-order valence-electron chi connectivity index (χ2n) is 7.04. The van der Waals surface area contributed by atoms with E-state index in [1.807, 2.05) is 39.8 Å². The van der Waals surface area contributed by atoms with Crippen LogP contribution in [0, 0.1) is 0 Å². The van der Waals surface area contributed by atoms with Crippen molar-refractivity contribution in [3.8, 4) is 11.8 Å². The van der Waals surface area contributed by atoms with E-state index < -0.39 is 18.3 Å². The number of rotatable bonds is 6. The first-order valence-corrected chi connectivity index (χ1v) is 9.36. The normalized spacial score (nSPS) is 18.7. The van der Waals surface area contributed by atoms with Gasteiger partial charge in [-0.25, -0.2) is 0 Å². The van der Waals surface area contributed by atoms with Gasteiger partial charge in [-0.3, -0.25) is 4.79 Å². The molecule has 142 valence electrons. The van der Waals surface area contributed by atoms with Crippen molar-refractivity contribution in [3.63, 3.8) is 0 Å². The van der Waals surface area contributed by atoms with E-state index in [9.17, 15) is 4.79 Å². The van der Waals surface area contributed by atoms with Crippen LogP contribution < -0.4 is 9.47 Å². The molecule has 1 aliphatic rings. The summed E-state index contributed by atoms with van der Waals surface area (Å²) in [5.74, 6) is 1.36. The first-order chi connectivity index (χ1) is 12.1. The van der Waals surface area contributed by atoms with Crippen LogP contribution in [-0.4, -0.2) is 48.4 Å². The van der Waals surface area contributed by atoms with Crippen LogP contribution in [0.1, 0.15) is 40.2 Å². The van der Waals surface area contributed by atoms with Crippen LogP contribution in [0.2, 0.25) is 0 Å². The minimum atomic E-state index is -0.543. The summed E-state index contributed by atoms with van der Waals surface area (Å²) < 4.78 is 22.8. The third-order valence-corrected chi connectivity index (χ3v) is 5.49. The molecule has 1 fully saturated rings. The topological polar surface area (TPSA) is 66.9 Å². The van der Waals surface area contributed by atoms with E-state index in [4.69, 9.17) is 18.8 Å². The molecular formula is C18H26BNO5S. The smallest absolute Gasteiger partial charge is 0.481 e. The summed E-state index contributed by atoms with van der Waals surface area (Å²) in [5, 5.41) is 0.0345. The Bertz CT molecular complexity index is 689. The fraction of sp³-hybridized carbons (Fsp3) is 0.556. The summed E-state index contributed by atoms with van der Waals surface area (Å²) in [7, 11) is 2.56. The molecule has 0 N–H and O–H groups in total. The number of hydrogen-bond donors (Lipinski definition) is 0. The Kier molecular flexibility index (Phi) is 6.42. The molecule has 0 radical (unpaired) electrons. The van der Waals surface area contributed by atoms with Crippen LogP contribution in [0.4, 0.5) is 0 Å². The van der Waals surface area contributed by atoms with Gasteiger partial charge >= 0.3 is 7.12 Å². The lowest BCUT2D eigenvalue weighted by Crippen LogP contribution is -2.41. The summed E-state index contributed by atoms with van der Waals surface area (Å²) in [6.07, 6.45) is 1.91. The van der Waals surface area contributed by atoms with Crippen LogP contribution in [-0.2, 0) is 14.1 Å². The number of methoxy groups -OCH3 is 2. The van der Waals surface area contributed by atoms with Crippen molar-refractivity contribution in [2.24, 2.45) is 0 Å². The molecule has 8 heteroatoms. The molecule has 1 saturated heterocycles. The molecule has 0 spiro atoms. The second-order valence-corrected chi connectivity index (χ2v) is 8.19. The molecule has 1 aliphatic heterocycles. The SMILES string of the molecule is COc1ccc(C=C(CSC(C)=O)B2OC(C)(C)C(C)(C)O2)c(OC)n1. The maximum atomic E-state index is 11.5. The molecular weight excluding hydrogens is 353 g/mol. The molecule has 26 heavy (non-hydrogen) atoms. The summed E-state index contributed by atoms with van der Waals surface area (Å²) in [6, 6.07) is 3.61. The van der Waals surface area contributed by atoms with Crippen LogP contribution in [0.25, 0.3) is 6.08 Å². The van der Waals surface area contributed by atoms with Crippen molar-refractivity contribution in [2.75, 3.05) is 20.0 Å². The first-order valence-electron chi connectivity index (χ1n) is 8.38. The zero-order valence-corrected chi connectivity index (χ0v) is 17.2. The van der Waals surface area contributed by atoms with E-state index in [1.165, 1.54) is 11.8 Å². The third-order valence-electron chi connectivity index (χ3n) is 4.61. The number of aromatic nitrogens is 1. The Morgan fingerprint density at radius 2 is 1.81 bits per heavy atom. The summed E-state index contributed by atoms with van der Waals surface area (Å²) in [6.45, 7) is 9.54. The van der Waals surface area contributed by atoms with Gasteiger partial charge in [-0.05, 0) is 39.2 Å². The van der Waals surface area contributed by atoms with Gasteiger partial charge in [0.15, 0.2) is 5.12 Å². The number of carbonyl (C=O) groups excluding carboxylic acids is 1. The Balaban J connectivity index is 2.39. The van der Waals surface area contributed by atoms with Crippen molar-refractivity contribution in [1.82, 2.24) is 4.98 Å². The molecule has 0 bridgehead atoms. The predicted molar refractivity (Wildman–Crippen MR) is 105 cm³/mol. The van der Waals surface area contributed by atoms with Gasteiger partial charge in [0.25, 0.3) is 0 Å². The lowest BCUT2D eigenvalue weighted by molar-refractivity contribution is -0.109. The molecule has 2 rings (SSSR count). The molecule has 0 saturated carbocycles. The van der Waals surface area contributed by atoms with Crippen molar-refractivity contribution >= 4 is 30.1 Å². The van der Waals surface area contributed by atoms with Gasteiger partial charge < -0.3 is 18.8 Å². The van der Waals surface area contributed by atoms with Crippen LogP contribution in [0.3, 0.4) is 0 Å². The molecule has 0 atom stereocenters. The lowest BCUT2D eigenvalue weighted by Gasteiger charge is -2.32. The fourth-order valence-electron chi connectivity index (χ4n) is 2.38. The number of ether oxygens (including phenoxy) is 2. The average molecular weight is 379 g/mol. The Morgan fingerprint density at radius 3 is 2.31 bits per heavy atom. The van der Waals surface area contributed by atoms with Crippen molar-refractivity contribution in [3.05, 3.63) is 23.2 Å². The van der Waals surface area contributed by atoms with Crippen LogP contribution >= 0.6 is 11.8 Å². The van der Waals surface area contributed by atoms with Gasteiger partial charge in [-0.2, -0.15) is 4.98 Å². The third kappa shape index (κ3) is 4.61. The van der Waals surface area contributed by atoms with Crippen molar-refractivity contribution in [1.29, 1.82) is 0 Å². The average Bonchev–Trinajstić information content (AvgIpc) is 2.79. The highest BCUT2D eigenvalue weighted by Crippen LogP contribution is 2.39. The molecule has 0 amide bonds. The van der Waals surface area contributed by atoms with E-state index in [-0.39, 0.29) is 5.12 Å². The number of pyridine rings is 1. The molecule has 0 unspecified atom stereocenters. The highest BCUT2D eigenvalue weighted by molar-refractivity contribution is 8.13. The largest absolute Gasteiger partial charge is 0.491 e. The van der Waals surface area contributed by atoms with Crippen LogP contribution in [0.5, 0.6) is 11.8 Å². The number of carbonyl (C=O) groups is 1. The maximum Gasteiger partial charge on any atom is 0.491 e. The van der Waals surface area contributed by atoms with Crippen molar-refractivity contribution < 1.29 is 23.6 Å².